The molecule has 0 radical (unpaired) electrons. The van der Waals surface area contributed by atoms with Gasteiger partial charge in [0.15, 0.2) is 0 Å². The topological polar surface area (TPSA) is 20.2 Å². The molecule has 2 atom stereocenters. The molecule has 1 aromatic carbocycles. The minimum Gasteiger partial charge on any atom is -0.396 e. The van der Waals surface area contributed by atoms with Gasteiger partial charge in [0.25, 0.3) is 0 Å². The highest BCUT2D eigenvalue weighted by Gasteiger charge is 2.30. The molecular weight excluding hydrogens is 228 g/mol. The molecule has 2 rings (SSSR count). The lowest BCUT2D eigenvalue weighted by atomic mass is 9.70. The Hall–Kier alpha value is -0.340. The minimum absolute atomic E-state index is 0.334. The second kappa shape index (κ2) is 3.81. The van der Waals surface area contributed by atoms with Crippen LogP contribution in [0.5, 0.6) is 0 Å². The van der Waals surface area contributed by atoms with Crippen LogP contribution >= 0.6 is 15.9 Å². The standard InChI is InChI=1S/C11H13BrO/c12-10-4-1-8(2-5-10)11-6-3-9(11)7-13/h1-2,4-5,9,11,13H,3,6-7H2. The van der Waals surface area contributed by atoms with Crippen LogP contribution in [0.2, 0.25) is 0 Å². The first-order valence-electron chi connectivity index (χ1n) is 4.67. The van der Waals surface area contributed by atoms with Crippen LogP contribution in [-0.4, -0.2) is 11.7 Å². The molecule has 1 N–H and O–H groups in total. The first kappa shape index (κ1) is 9.22. The fourth-order valence-electron chi connectivity index (χ4n) is 1.94. The zero-order chi connectivity index (χ0) is 9.26. The quantitative estimate of drug-likeness (QED) is 0.843. The normalized spacial score (nSPS) is 26.9. The van der Waals surface area contributed by atoms with E-state index in [-0.39, 0.29) is 0 Å². The van der Waals surface area contributed by atoms with Crippen LogP contribution in [0.25, 0.3) is 0 Å². The molecule has 2 unspecified atom stereocenters. The molecule has 13 heavy (non-hydrogen) atoms. The number of rotatable bonds is 2. The Labute approximate surface area is 86.9 Å². The molecular formula is C11H13BrO. The smallest absolute Gasteiger partial charge is 0.0465 e. The van der Waals surface area contributed by atoms with Crippen LogP contribution in [0, 0.1) is 5.92 Å². The van der Waals surface area contributed by atoms with Crippen molar-refractivity contribution in [2.75, 3.05) is 6.61 Å². The van der Waals surface area contributed by atoms with Crippen molar-refractivity contribution in [3.05, 3.63) is 34.3 Å². The van der Waals surface area contributed by atoms with Crippen molar-refractivity contribution in [1.82, 2.24) is 0 Å². The fourth-order valence-corrected chi connectivity index (χ4v) is 2.20. The average Bonchev–Trinajstić information content (AvgIpc) is 2.08. The van der Waals surface area contributed by atoms with Crippen LogP contribution in [-0.2, 0) is 0 Å². The zero-order valence-corrected chi connectivity index (χ0v) is 9.00. The van der Waals surface area contributed by atoms with Gasteiger partial charge in [-0.3, -0.25) is 0 Å². The van der Waals surface area contributed by atoms with Gasteiger partial charge >= 0.3 is 0 Å². The van der Waals surface area contributed by atoms with E-state index in [1.165, 1.54) is 18.4 Å². The SMILES string of the molecule is OCC1CCC1c1ccc(Br)cc1. The monoisotopic (exact) mass is 240 g/mol. The van der Waals surface area contributed by atoms with Crippen LogP contribution in [0.1, 0.15) is 24.3 Å². The van der Waals surface area contributed by atoms with Crippen molar-refractivity contribution in [3.63, 3.8) is 0 Å². The maximum atomic E-state index is 9.06. The fraction of sp³-hybridized carbons (Fsp3) is 0.455. The Morgan fingerprint density at radius 3 is 2.38 bits per heavy atom. The first-order chi connectivity index (χ1) is 6.31. The molecule has 0 saturated heterocycles. The second-order valence-corrected chi connectivity index (χ2v) is 4.59. The van der Waals surface area contributed by atoms with Crippen molar-refractivity contribution in [3.8, 4) is 0 Å². The Balaban J connectivity index is 2.12. The summed E-state index contributed by atoms with van der Waals surface area (Å²) in [6, 6.07) is 8.44. The molecule has 1 aliphatic rings. The molecule has 0 bridgehead atoms. The van der Waals surface area contributed by atoms with Crippen LogP contribution in [0.15, 0.2) is 28.7 Å². The van der Waals surface area contributed by atoms with Crippen molar-refractivity contribution in [2.24, 2.45) is 5.92 Å². The van der Waals surface area contributed by atoms with Gasteiger partial charge in [-0.25, -0.2) is 0 Å². The Morgan fingerprint density at radius 2 is 1.92 bits per heavy atom. The first-order valence-corrected chi connectivity index (χ1v) is 5.47. The largest absolute Gasteiger partial charge is 0.396 e. The summed E-state index contributed by atoms with van der Waals surface area (Å²) in [6.07, 6.45) is 2.41. The number of aliphatic hydroxyl groups excluding tert-OH is 1. The molecule has 1 fully saturated rings. The number of hydrogen-bond donors (Lipinski definition) is 1. The van der Waals surface area contributed by atoms with E-state index in [9.17, 15) is 0 Å². The van der Waals surface area contributed by atoms with Gasteiger partial charge in [-0.1, -0.05) is 28.1 Å². The minimum atomic E-state index is 0.334. The molecule has 1 aliphatic carbocycles. The molecule has 0 spiro atoms. The molecule has 1 aromatic rings. The predicted octanol–water partition coefficient (Wildman–Crippen LogP) is 2.94. The molecule has 0 amide bonds. The van der Waals surface area contributed by atoms with E-state index in [4.69, 9.17) is 5.11 Å². The molecule has 1 nitrogen and oxygen atoms in total. The number of halogens is 1. The number of hydrogen-bond acceptors (Lipinski definition) is 1. The van der Waals surface area contributed by atoms with Gasteiger partial charge in [-0.15, -0.1) is 0 Å². The van der Waals surface area contributed by atoms with Crippen molar-refractivity contribution < 1.29 is 5.11 Å². The van der Waals surface area contributed by atoms with Gasteiger partial charge in [-0.2, -0.15) is 0 Å². The number of aliphatic hydroxyl groups is 1. The molecule has 70 valence electrons. The summed E-state index contributed by atoms with van der Waals surface area (Å²) in [5.41, 5.74) is 1.37. The Bertz CT molecular complexity index is 279. The Morgan fingerprint density at radius 1 is 1.23 bits per heavy atom. The van der Waals surface area contributed by atoms with Gasteiger partial charge in [0.1, 0.15) is 0 Å². The van der Waals surface area contributed by atoms with E-state index in [0.717, 1.165) is 4.47 Å². The number of benzene rings is 1. The zero-order valence-electron chi connectivity index (χ0n) is 7.41. The molecule has 0 aliphatic heterocycles. The maximum Gasteiger partial charge on any atom is 0.0465 e. The second-order valence-electron chi connectivity index (χ2n) is 3.68. The van der Waals surface area contributed by atoms with Crippen molar-refractivity contribution in [1.29, 1.82) is 0 Å². The third kappa shape index (κ3) is 1.79. The van der Waals surface area contributed by atoms with E-state index < -0.39 is 0 Å². The summed E-state index contributed by atoms with van der Waals surface area (Å²) < 4.78 is 1.12. The summed E-state index contributed by atoms with van der Waals surface area (Å²) in [5.74, 6) is 1.10. The predicted molar refractivity (Wildman–Crippen MR) is 56.7 cm³/mol. The summed E-state index contributed by atoms with van der Waals surface area (Å²) in [6.45, 7) is 0.334. The van der Waals surface area contributed by atoms with Crippen LogP contribution in [0.3, 0.4) is 0 Å². The molecule has 1 saturated carbocycles. The summed E-state index contributed by atoms with van der Waals surface area (Å²) in [4.78, 5) is 0. The molecule has 2 heteroatoms. The van der Waals surface area contributed by atoms with Crippen molar-refractivity contribution >= 4 is 15.9 Å². The average molecular weight is 241 g/mol. The maximum absolute atomic E-state index is 9.06. The molecule has 0 heterocycles. The third-order valence-electron chi connectivity index (χ3n) is 2.95. The summed E-state index contributed by atoms with van der Waals surface area (Å²) >= 11 is 3.42. The van der Waals surface area contributed by atoms with Crippen LogP contribution < -0.4 is 0 Å². The van der Waals surface area contributed by atoms with Gasteiger partial charge in [-0.05, 0) is 42.4 Å². The van der Waals surface area contributed by atoms with Gasteiger partial charge < -0.3 is 5.11 Å². The van der Waals surface area contributed by atoms with E-state index >= 15 is 0 Å². The lowest BCUT2D eigenvalue weighted by Crippen LogP contribution is -2.26. The Kier molecular flexibility index (Phi) is 2.70. The lowest BCUT2D eigenvalue weighted by molar-refractivity contribution is 0.135. The van der Waals surface area contributed by atoms with Gasteiger partial charge in [0, 0.05) is 11.1 Å². The van der Waals surface area contributed by atoms with Gasteiger partial charge in [0.2, 0.25) is 0 Å². The third-order valence-corrected chi connectivity index (χ3v) is 3.48. The highest BCUT2D eigenvalue weighted by molar-refractivity contribution is 9.10. The van der Waals surface area contributed by atoms with Crippen molar-refractivity contribution in [2.45, 2.75) is 18.8 Å². The highest BCUT2D eigenvalue weighted by Crippen LogP contribution is 2.42. The molecule has 0 aromatic heterocycles. The lowest BCUT2D eigenvalue weighted by Gasteiger charge is -2.35. The van der Waals surface area contributed by atoms with E-state index in [0.29, 0.717) is 18.4 Å². The summed E-state index contributed by atoms with van der Waals surface area (Å²) in [5, 5.41) is 9.06. The highest BCUT2D eigenvalue weighted by atomic mass is 79.9. The van der Waals surface area contributed by atoms with E-state index in [1.807, 2.05) is 0 Å². The van der Waals surface area contributed by atoms with E-state index in [1.54, 1.807) is 0 Å². The van der Waals surface area contributed by atoms with E-state index in [2.05, 4.69) is 40.2 Å². The van der Waals surface area contributed by atoms with Crippen LogP contribution in [0.4, 0.5) is 0 Å². The summed E-state index contributed by atoms with van der Waals surface area (Å²) in [7, 11) is 0. The van der Waals surface area contributed by atoms with Gasteiger partial charge in [0.05, 0.1) is 0 Å².